The topological polar surface area (TPSA) is 136 Å². The molecule has 0 saturated heterocycles. The van der Waals surface area contributed by atoms with Crippen LogP contribution >= 0.6 is 0 Å². The highest BCUT2D eigenvalue weighted by molar-refractivity contribution is 5.87. The second kappa shape index (κ2) is 9.88. The van der Waals surface area contributed by atoms with Gasteiger partial charge in [0.1, 0.15) is 28.6 Å². The number of nitrogens with one attached hydrogen (secondary N) is 1. The van der Waals surface area contributed by atoms with E-state index in [1.165, 1.54) is 6.20 Å². The zero-order chi connectivity index (χ0) is 25.2. The van der Waals surface area contributed by atoms with E-state index in [-0.39, 0.29) is 23.6 Å². The summed E-state index contributed by atoms with van der Waals surface area (Å²) in [6, 6.07) is 5.34. The van der Waals surface area contributed by atoms with Crippen molar-refractivity contribution in [3.63, 3.8) is 0 Å². The lowest BCUT2D eigenvalue weighted by Crippen LogP contribution is -2.14. The van der Waals surface area contributed by atoms with Gasteiger partial charge in [-0.1, -0.05) is 24.6 Å². The lowest BCUT2D eigenvalue weighted by molar-refractivity contribution is 0.371. The minimum absolute atomic E-state index is 0.0113. The summed E-state index contributed by atoms with van der Waals surface area (Å²) in [6.45, 7) is 2.06. The second-order valence-electron chi connectivity index (χ2n) is 8.80. The molecule has 1 aliphatic rings. The van der Waals surface area contributed by atoms with E-state index in [0.717, 1.165) is 25.7 Å². The van der Waals surface area contributed by atoms with Gasteiger partial charge in [0, 0.05) is 11.6 Å². The lowest BCUT2D eigenvalue weighted by atomic mass is 9.96. The average molecular weight is 493 g/mol. The molecule has 0 aliphatic heterocycles. The third-order valence-electron chi connectivity index (χ3n) is 6.24. The Balaban J connectivity index is 1.59. The fourth-order valence-corrected chi connectivity index (χ4v) is 4.24. The SMILES string of the molecule is CCCCc1[nH]c(=O)c(-c2ncc(Cc3nc(C4CC4)no3)o2)c(O)c1-c1c(OC)cccc1OC. The number of ether oxygens (including phenoxy) is 2. The molecule has 2 N–H and O–H groups in total. The summed E-state index contributed by atoms with van der Waals surface area (Å²) >= 11 is 0. The van der Waals surface area contributed by atoms with Crippen LogP contribution in [0.3, 0.4) is 0 Å². The Kier molecular flexibility index (Phi) is 6.49. The second-order valence-corrected chi connectivity index (χ2v) is 8.80. The summed E-state index contributed by atoms with van der Waals surface area (Å²) in [6.07, 6.45) is 6.13. The monoisotopic (exact) mass is 492 g/mol. The van der Waals surface area contributed by atoms with Crippen LogP contribution in [-0.4, -0.2) is 39.4 Å². The van der Waals surface area contributed by atoms with Crippen LogP contribution in [0.5, 0.6) is 17.2 Å². The van der Waals surface area contributed by atoms with E-state index >= 15 is 0 Å². The fraction of sp³-hybridized carbons (Fsp3) is 0.385. The number of pyridine rings is 1. The minimum Gasteiger partial charge on any atom is -0.506 e. The summed E-state index contributed by atoms with van der Waals surface area (Å²) in [5.74, 6) is 2.65. The molecule has 1 aromatic carbocycles. The molecule has 0 atom stereocenters. The molecular formula is C26H28N4O6. The van der Waals surface area contributed by atoms with Gasteiger partial charge in [0.2, 0.25) is 11.8 Å². The molecule has 3 aromatic heterocycles. The highest BCUT2D eigenvalue weighted by Gasteiger charge is 2.30. The Morgan fingerprint density at radius 3 is 2.56 bits per heavy atom. The Hall–Kier alpha value is -4.08. The van der Waals surface area contributed by atoms with Crippen molar-refractivity contribution in [2.24, 2.45) is 0 Å². The Morgan fingerprint density at radius 1 is 1.14 bits per heavy atom. The number of oxazole rings is 1. The van der Waals surface area contributed by atoms with Gasteiger partial charge in [-0.05, 0) is 37.8 Å². The van der Waals surface area contributed by atoms with Gasteiger partial charge < -0.3 is 28.5 Å². The molecule has 3 heterocycles. The minimum atomic E-state index is -0.501. The van der Waals surface area contributed by atoms with Gasteiger partial charge in [0.15, 0.2) is 5.82 Å². The number of benzene rings is 1. The summed E-state index contributed by atoms with van der Waals surface area (Å²) in [5, 5.41) is 15.5. The van der Waals surface area contributed by atoms with Gasteiger partial charge in [0.25, 0.3) is 5.56 Å². The summed E-state index contributed by atoms with van der Waals surface area (Å²) in [4.78, 5) is 24.8. The zero-order valence-corrected chi connectivity index (χ0v) is 20.5. The third kappa shape index (κ3) is 4.46. The number of methoxy groups -OCH3 is 2. The van der Waals surface area contributed by atoms with Crippen molar-refractivity contribution in [3.05, 3.63) is 57.9 Å². The molecule has 0 spiro atoms. The first-order valence-corrected chi connectivity index (χ1v) is 12.0. The number of aromatic hydroxyl groups is 1. The van der Waals surface area contributed by atoms with Crippen LogP contribution in [0.25, 0.3) is 22.6 Å². The number of nitrogens with zero attached hydrogens (tertiary/aromatic N) is 3. The predicted octanol–water partition coefficient (Wildman–Crippen LogP) is 4.61. The Labute approximate surface area is 207 Å². The molecule has 10 nitrogen and oxygen atoms in total. The summed E-state index contributed by atoms with van der Waals surface area (Å²) < 4.78 is 22.3. The van der Waals surface area contributed by atoms with E-state index in [1.807, 2.05) is 0 Å². The number of hydrogen-bond acceptors (Lipinski definition) is 9. The highest BCUT2D eigenvalue weighted by Crippen LogP contribution is 2.46. The quantitative estimate of drug-likeness (QED) is 0.325. The van der Waals surface area contributed by atoms with E-state index in [1.54, 1.807) is 32.4 Å². The number of aryl methyl sites for hydroxylation is 1. The van der Waals surface area contributed by atoms with Crippen molar-refractivity contribution in [2.45, 2.75) is 51.4 Å². The molecule has 0 bridgehead atoms. The molecule has 188 valence electrons. The maximum Gasteiger partial charge on any atom is 0.264 e. The van der Waals surface area contributed by atoms with Crippen molar-refractivity contribution in [2.75, 3.05) is 14.2 Å². The number of rotatable bonds is 10. The highest BCUT2D eigenvalue weighted by atomic mass is 16.5. The Bertz CT molecular complexity index is 1410. The smallest absolute Gasteiger partial charge is 0.264 e. The summed E-state index contributed by atoms with van der Waals surface area (Å²) in [5.41, 5.74) is 0.954. The molecule has 1 fully saturated rings. The summed E-state index contributed by atoms with van der Waals surface area (Å²) in [7, 11) is 3.08. The zero-order valence-electron chi connectivity index (χ0n) is 20.5. The van der Waals surface area contributed by atoms with Crippen LogP contribution in [0, 0.1) is 0 Å². The molecule has 0 unspecified atom stereocenters. The van der Waals surface area contributed by atoms with E-state index in [4.69, 9.17) is 18.4 Å². The lowest BCUT2D eigenvalue weighted by Gasteiger charge is -2.18. The van der Waals surface area contributed by atoms with Crippen LogP contribution in [0.1, 0.15) is 61.7 Å². The molecular weight excluding hydrogens is 464 g/mol. The first-order chi connectivity index (χ1) is 17.5. The normalized spacial score (nSPS) is 13.2. The van der Waals surface area contributed by atoms with Crippen LogP contribution in [-0.2, 0) is 12.8 Å². The van der Waals surface area contributed by atoms with Crippen LogP contribution in [0.2, 0.25) is 0 Å². The third-order valence-corrected chi connectivity index (χ3v) is 6.24. The largest absolute Gasteiger partial charge is 0.506 e. The maximum atomic E-state index is 13.2. The van der Waals surface area contributed by atoms with Crippen LogP contribution in [0.4, 0.5) is 0 Å². The van der Waals surface area contributed by atoms with Gasteiger partial charge in [-0.15, -0.1) is 0 Å². The van der Waals surface area contributed by atoms with Gasteiger partial charge in [0.05, 0.1) is 38.0 Å². The Morgan fingerprint density at radius 2 is 1.89 bits per heavy atom. The molecule has 10 heteroatoms. The van der Waals surface area contributed by atoms with Crippen molar-refractivity contribution in [1.82, 2.24) is 20.1 Å². The van der Waals surface area contributed by atoms with Crippen molar-refractivity contribution in [3.8, 4) is 39.8 Å². The molecule has 0 amide bonds. The van der Waals surface area contributed by atoms with Gasteiger partial charge in [-0.25, -0.2) is 4.98 Å². The number of unbranched alkanes of at least 4 members (excludes halogenated alkanes) is 1. The van der Waals surface area contributed by atoms with Crippen molar-refractivity contribution < 1.29 is 23.5 Å². The standard InChI is InChI=1S/C26H28N4O6/c1-4-5-7-16-20(21-17(33-2)8-6-9-18(21)34-3)23(31)22(25(32)28-16)26-27-13-15(35-26)12-19-29-24(30-36-19)14-10-11-14/h6,8-9,13-14H,4-5,7,10-12H2,1-3H3,(H2,28,31,32). The van der Waals surface area contributed by atoms with Crippen molar-refractivity contribution >= 4 is 0 Å². The number of hydrogen-bond donors (Lipinski definition) is 2. The molecule has 5 rings (SSSR count). The van der Waals surface area contributed by atoms with E-state index < -0.39 is 5.56 Å². The molecule has 1 saturated carbocycles. The maximum absolute atomic E-state index is 13.2. The number of aromatic amines is 1. The number of H-pyrrole nitrogens is 1. The van der Waals surface area contributed by atoms with Gasteiger partial charge >= 0.3 is 0 Å². The van der Waals surface area contributed by atoms with Crippen molar-refractivity contribution in [1.29, 1.82) is 0 Å². The molecule has 4 aromatic rings. The fourth-order valence-electron chi connectivity index (χ4n) is 4.24. The predicted molar refractivity (Wildman–Crippen MR) is 130 cm³/mol. The molecule has 36 heavy (non-hydrogen) atoms. The van der Waals surface area contributed by atoms with E-state index in [9.17, 15) is 9.90 Å². The van der Waals surface area contributed by atoms with E-state index in [2.05, 4.69) is 27.0 Å². The average Bonchev–Trinajstić information content (AvgIpc) is 3.46. The van der Waals surface area contributed by atoms with Gasteiger partial charge in [-0.2, -0.15) is 4.98 Å². The number of aromatic nitrogens is 4. The van der Waals surface area contributed by atoms with Gasteiger partial charge in [-0.3, -0.25) is 4.79 Å². The first kappa shape index (κ1) is 23.7. The van der Waals surface area contributed by atoms with E-state index in [0.29, 0.717) is 58.1 Å². The van der Waals surface area contributed by atoms with Crippen LogP contribution in [0.15, 0.2) is 38.1 Å². The van der Waals surface area contributed by atoms with Crippen LogP contribution < -0.4 is 15.0 Å². The molecule has 1 aliphatic carbocycles. The first-order valence-electron chi connectivity index (χ1n) is 12.0. The molecule has 0 radical (unpaired) electrons.